The highest BCUT2D eigenvalue weighted by molar-refractivity contribution is 5.89. The van der Waals surface area contributed by atoms with Crippen LogP contribution in [0.4, 0.5) is 0 Å². The molecule has 0 fully saturated rings. The van der Waals surface area contributed by atoms with E-state index < -0.39 is 0 Å². The van der Waals surface area contributed by atoms with E-state index in [2.05, 4.69) is 9.97 Å². The van der Waals surface area contributed by atoms with Crippen LogP contribution in [0.1, 0.15) is 28.5 Å². The Morgan fingerprint density at radius 3 is 2.86 bits per heavy atom. The molecule has 3 heterocycles. The fourth-order valence-corrected chi connectivity index (χ4v) is 3.23. The topological polar surface area (TPSA) is 76.5 Å². The van der Waals surface area contributed by atoms with Crippen LogP contribution in [0.5, 0.6) is 0 Å². The minimum absolute atomic E-state index is 0.154. The van der Waals surface area contributed by atoms with Gasteiger partial charge in [-0.15, -0.1) is 0 Å². The minimum atomic E-state index is -0.337. The molecule has 140 valence electrons. The maximum absolute atomic E-state index is 12.3. The lowest BCUT2D eigenvalue weighted by atomic mass is 10.1. The summed E-state index contributed by atoms with van der Waals surface area (Å²) in [7, 11) is 0. The summed E-state index contributed by atoms with van der Waals surface area (Å²) in [6, 6.07) is 13.0. The minimum Gasteiger partial charge on any atom is -0.462 e. The summed E-state index contributed by atoms with van der Waals surface area (Å²) >= 11 is 0. The lowest BCUT2D eigenvalue weighted by Gasteiger charge is -2.08. The molecular weight excluding hydrogens is 354 g/mol. The number of nitrogens with one attached hydrogen (secondary N) is 1. The molecular formula is C22H19N3O3. The number of esters is 1. The van der Waals surface area contributed by atoms with Gasteiger partial charge in [-0.25, -0.2) is 4.79 Å². The number of carbonyl (C=O) groups is 1. The van der Waals surface area contributed by atoms with Crippen molar-refractivity contribution < 1.29 is 9.53 Å². The van der Waals surface area contributed by atoms with E-state index in [0.29, 0.717) is 24.1 Å². The van der Waals surface area contributed by atoms with Crippen LogP contribution in [0.3, 0.4) is 0 Å². The quantitative estimate of drug-likeness (QED) is 0.544. The Hall–Kier alpha value is -3.67. The Morgan fingerprint density at radius 2 is 2.07 bits per heavy atom. The summed E-state index contributed by atoms with van der Waals surface area (Å²) in [4.78, 5) is 31.2. The molecule has 6 heteroatoms. The number of ether oxygens (including phenoxy) is 1. The molecule has 0 bridgehead atoms. The van der Waals surface area contributed by atoms with Gasteiger partial charge in [0.05, 0.1) is 12.2 Å². The Morgan fingerprint density at radius 1 is 1.18 bits per heavy atom. The average molecular weight is 373 g/mol. The molecule has 0 aliphatic rings. The lowest BCUT2D eigenvalue weighted by molar-refractivity contribution is 0.0526. The number of hydrogen-bond acceptors (Lipinski definition) is 4. The Kier molecular flexibility index (Phi) is 4.76. The second-order valence-electron chi connectivity index (χ2n) is 6.43. The molecule has 4 aromatic rings. The van der Waals surface area contributed by atoms with Gasteiger partial charge >= 0.3 is 5.97 Å². The van der Waals surface area contributed by atoms with Crippen molar-refractivity contribution in [3.63, 3.8) is 0 Å². The lowest BCUT2D eigenvalue weighted by Crippen LogP contribution is -2.12. The first kappa shape index (κ1) is 17.7. The highest BCUT2D eigenvalue weighted by atomic mass is 16.5. The first-order chi connectivity index (χ1) is 13.7. The average Bonchev–Trinajstić information content (AvgIpc) is 3.18. The first-order valence-corrected chi connectivity index (χ1v) is 9.05. The molecule has 0 amide bonds. The van der Waals surface area contributed by atoms with E-state index in [4.69, 9.17) is 4.74 Å². The summed E-state index contributed by atoms with van der Waals surface area (Å²) in [6.45, 7) is 2.12. The molecule has 0 aliphatic heterocycles. The van der Waals surface area contributed by atoms with Crippen molar-refractivity contribution in [2.24, 2.45) is 0 Å². The molecule has 1 aromatic carbocycles. The van der Waals surface area contributed by atoms with Crippen LogP contribution >= 0.6 is 0 Å². The Labute approximate surface area is 161 Å². The number of hydrogen-bond donors (Lipinski definition) is 1. The van der Waals surface area contributed by atoms with Crippen LogP contribution in [-0.2, 0) is 11.2 Å². The van der Waals surface area contributed by atoms with Crippen LogP contribution in [0.25, 0.3) is 16.6 Å². The third-order valence-corrected chi connectivity index (χ3v) is 4.55. The van der Waals surface area contributed by atoms with Gasteiger partial charge in [0.1, 0.15) is 5.52 Å². The number of aromatic amines is 1. The van der Waals surface area contributed by atoms with E-state index in [-0.39, 0.29) is 11.5 Å². The van der Waals surface area contributed by atoms with Crippen LogP contribution < -0.4 is 5.56 Å². The fourth-order valence-electron chi connectivity index (χ4n) is 3.23. The molecule has 0 spiro atoms. The number of H-pyrrole nitrogens is 1. The number of pyridine rings is 1. The maximum Gasteiger partial charge on any atom is 0.338 e. The smallest absolute Gasteiger partial charge is 0.338 e. The van der Waals surface area contributed by atoms with E-state index in [9.17, 15) is 9.59 Å². The molecule has 4 rings (SSSR count). The maximum atomic E-state index is 12.3. The Bertz CT molecular complexity index is 1190. The number of rotatable bonds is 5. The van der Waals surface area contributed by atoms with E-state index in [1.54, 1.807) is 31.6 Å². The van der Waals surface area contributed by atoms with E-state index in [1.807, 2.05) is 47.0 Å². The van der Waals surface area contributed by atoms with Gasteiger partial charge in [-0.2, -0.15) is 0 Å². The van der Waals surface area contributed by atoms with Gasteiger partial charge in [-0.1, -0.05) is 18.2 Å². The number of carbonyl (C=O) groups excluding carboxylic acids is 1. The van der Waals surface area contributed by atoms with Gasteiger partial charge in [0.2, 0.25) is 0 Å². The summed E-state index contributed by atoms with van der Waals surface area (Å²) in [5, 5.41) is 0. The summed E-state index contributed by atoms with van der Waals surface area (Å²) in [5.41, 5.74) is 4.66. The molecule has 0 saturated heterocycles. The summed E-state index contributed by atoms with van der Waals surface area (Å²) in [5.74, 6) is -0.337. The van der Waals surface area contributed by atoms with Crippen molar-refractivity contribution in [2.75, 3.05) is 6.61 Å². The second-order valence-corrected chi connectivity index (χ2v) is 6.43. The molecule has 0 radical (unpaired) electrons. The molecule has 1 N–H and O–H groups in total. The highest BCUT2D eigenvalue weighted by Crippen LogP contribution is 2.22. The molecule has 0 saturated carbocycles. The SMILES string of the molecule is CCOC(=O)c1cccc(Cc2c[nH]c(=O)c3cc(-c4cccnc4)cn23)c1. The van der Waals surface area contributed by atoms with Crippen LogP contribution in [-0.4, -0.2) is 26.9 Å². The molecule has 28 heavy (non-hydrogen) atoms. The van der Waals surface area contributed by atoms with Gasteiger partial charge in [-0.05, 0) is 36.8 Å². The van der Waals surface area contributed by atoms with Crippen LogP contribution in [0.15, 0.2) is 72.0 Å². The molecule has 0 unspecified atom stereocenters. The normalized spacial score (nSPS) is 10.9. The van der Waals surface area contributed by atoms with E-state index in [0.717, 1.165) is 22.4 Å². The highest BCUT2D eigenvalue weighted by Gasteiger charge is 2.11. The third-order valence-electron chi connectivity index (χ3n) is 4.55. The zero-order chi connectivity index (χ0) is 19.5. The fraction of sp³-hybridized carbons (Fsp3) is 0.136. The predicted molar refractivity (Wildman–Crippen MR) is 106 cm³/mol. The second kappa shape index (κ2) is 7.52. The number of benzene rings is 1. The number of aromatic nitrogens is 3. The monoisotopic (exact) mass is 373 g/mol. The molecule has 0 aliphatic carbocycles. The van der Waals surface area contributed by atoms with Crippen molar-refractivity contribution in [3.8, 4) is 11.1 Å². The van der Waals surface area contributed by atoms with Crippen LogP contribution in [0.2, 0.25) is 0 Å². The largest absolute Gasteiger partial charge is 0.462 e. The summed E-state index contributed by atoms with van der Waals surface area (Å²) in [6.07, 6.45) is 7.69. The van der Waals surface area contributed by atoms with Crippen molar-refractivity contribution in [1.82, 2.24) is 14.4 Å². The van der Waals surface area contributed by atoms with Crippen LogP contribution in [0, 0.1) is 0 Å². The standard InChI is InChI=1S/C22H19N3O3/c1-2-28-22(27)16-6-3-5-15(9-16)10-19-13-24-21(26)20-11-18(14-25(19)20)17-7-4-8-23-12-17/h3-9,11-14H,2,10H2,1H3,(H,24,26). The van der Waals surface area contributed by atoms with Gasteiger partial charge in [0.25, 0.3) is 5.56 Å². The first-order valence-electron chi connectivity index (χ1n) is 9.05. The van der Waals surface area contributed by atoms with E-state index >= 15 is 0 Å². The molecule has 6 nitrogen and oxygen atoms in total. The van der Waals surface area contributed by atoms with Gasteiger partial charge in [0, 0.05) is 48.0 Å². The zero-order valence-electron chi connectivity index (χ0n) is 15.4. The van der Waals surface area contributed by atoms with E-state index in [1.165, 1.54) is 0 Å². The number of nitrogens with zero attached hydrogens (tertiary/aromatic N) is 2. The number of fused-ring (bicyclic) bond motifs is 1. The van der Waals surface area contributed by atoms with Crippen molar-refractivity contribution in [3.05, 3.63) is 94.4 Å². The predicted octanol–water partition coefficient (Wildman–Crippen LogP) is 3.46. The van der Waals surface area contributed by atoms with Gasteiger partial charge in [-0.3, -0.25) is 9.78 Å². The zero-order valence-corrected chi connectivity index (χ0v) is 15.4. The van der Waals surface area contributed by atoms with Crippen molar-refractivity contribution in [2.45, 2.75) is 13.3 Å². The summed E-state index contributed by atoms with van der Waals surface area (Å²) < 4.78 is 6.96. The third kappa shape index (κ3) is 3.44. The van der Waals surface area contributed by atoms with Gasteiger partial charge in [0.15, 0.2) is 0 Å². The Balaban J connectivity index is 1.73. The van der Waals surface area contributed by atoms with Gasteiger partial charge < -0.3 is 14.1 Å². The van der Waals surface area contributed by atoms with Crippen molar-refractivity contribution >= 4 is 11.5 Å². The van der Waals surface area contributed by atoms with Crippen molar-refractivity contribution in [1.29, 1.82) is 0 Å². The molecule has 3 aromatic heterocycles. The molecule has 0 atom stereocenters.